The molecule has 5 heteroatoms. The van der Waals surface area contributed by atoms with E-state index in [2.05, 4.69) is 0 Å². The predicted molar refractivity (Wildman–Crippen MR) is 46.1 cm³/mol. The van der Waals surface area contributed by atoms with E-state index in [1.165, 1.54) is 13.2 Å². The predicted octanol–water partition coefficient (Wildman–Crippen LogP) is 1.12. The van der Waals surface area contributed by atoms with Crippen molar-refractivity contribution < 1.29 is 24.1 Å². The van der Waals surface area contributed by atoms with Crippen molar-refractivity contribution in [3.05, 3.63) is 17.7 Å². The van der Waals surface area contributed by atoms with E-state index in [0.29, 0.717) is 11.5 Å². The van der Waals surface area contributed by atoms with E-state index in [0.717, 1.165) is 0 Å². The Morgan fingerprint density at radius 3 is 2.93 bits per heavy atom. The first kappa shape index (κ1) is 8.68. The lowest BCUT2D eigenvalue weighted by atomic mass is 10.2. The highest BCUT2D eigenvalue weighted by Gasteiger charge is 2.23. The Balaban J connectivity index is 2.57. The topological polar surface area (TPSA) is 65.0 Å². The number of carboxylic acids is 1. The molecule has 1 aromatic carbocycles. The van der Waals surface area contributed by atoms with Gasteiger partial charge in [0.05, 0.1) is 7.11 Å². The summed E-state index contributed by atoms with van der Waals surface area (Å²) in [7, 11) is 1.46. The first-order valence-electron chi connectivity index (χ1n) is 3.93. The van der Waals surface area contributed by atoms with Crippen LogP contribution in [0.25, 0.3) is 0 Å². The van der Waals surface area contributed by atoms with Crippen LogP contribution in [-0.2, 0) is 0 Å². The summed E-state index contributed by atoms with van der Waals surface area (Å²) in [4.78, 5) is 10.8. The van der Waals surface area contributed by atoms with E-state index in [1.807, 2.05) is 0 Å². The number of benzene rings is 1. The summed E-state index contributed by atoms with van der Waals surface area (Å²) in [5.41, 5.74) is 0.0526. The third-order valence-corrected chi connectivity index (χ3v) is 1.91. The van der Waals surface area contributed by atoms with Crippen molar-refractivity contribution in [2.75, 3.05) is 13.9 Å². The van der Waals surface area contributed by atoms with Gasteiger partial charge in [-0.05, 0) is 6.07 Å². The van der Waals surface area contributed by atoms with Crippen LogP contribution in [0, 0.1) is 0 Å². The smallest absolute Gasteiger partial charge is 0.339 e. The lowest BCUT2D eigenvalue weighted by Crippen LogP contribution is -2.00. The molecule has 74 valence electrons. The average Bonchev–Trinajstić information content (AvgIpc) is 2.63. The summed E-state index contributed by atoms with van der Waals surface area (Å²) >= 11 is 0. The third-order valence-electron chi connectivity index (χ3n) is 1.91. The van der Waals surface area contributed by atoms with Crippen molar-refractivity contribution in [2.24, 2.45) is 0 Å². The van der Waals surface area contributed by atoms with Crippen LogP contribution < -0.4 is 14.2 Å². The zero-order chi connectivity index (χ0) is 10.1. The summed E-state index contributed by atoms with van der Waals surface area (Å²) in [6, 6.07) is 2.99. The molecule has 0 atom stereocenters. The zero-order valence-electron chi connectivity index (χ0n) is 7.44. The molecule has 0 amide bonds. The summed E-state index contributed by atoms with van der Waals surface area (Å²) in [5.74, 6) is 0.0392. The molecule has 0 aliphatic carbocycles. The second-order valence-corrected chi connectivity index (χ2v) is 2.71. The van der Waals surface area contributed by atoms with Gasteiger partial charge in [0, 0.05) is 6.07 Å². The quantitative estimate of drug-likeness (QED) is 0.767. The van der Waals surface area contributed by atoms with Crippen molar-refractivity contribution in [1.29, 1.82) is 0 Å². The number of carboxylic acid groups (broad SMARTS) is 1. The highest BCUT2D eigenvalue weighted by molar-refractivity contribution is 5.92. The van der Waals surface area contributed by atoms with Crippen LogP contribution in [0.1, 0.15) is 10.4 Å². The Morgan fingerprint density at radius 1 is 1.50 bits per heavy atom. The Morgan fingerprint density at radius 2 is 2.29 bits per heavy atom. The van der Waals surface area contributed by atoms with E-state index in [-0.39, 0.29) is 18.1 Å². The van der Waals surface area contributed by atoms with Crippen LogP contribution in [0.15, 0.2) is 12.1 Å². The fourth-order valence-electron chi connectivity index (χ4n) is 1.26. The van der Waals surface area contributed by atoms with Crippen LogP contribution in [0.4, 0.5) is 0 Å². The second-order valence-electron chi connectivity index (χ2n) is 2.71. The number of hydrogen-bond donors (Lipinski definition) is 1. The molecule has 1 heterocycles. The zero-order valence-corrected chi connectivity index (χ0v) is 7.44. The molecule has 14 heavy (non-hydrogen) atoms. The molecule has 1 aliphatic rings. The van der Waals surface area contributed by atoms with E-state index < -0.39 is 5.97 Å². The standard InChI is InChI=1S/C9H8O5/c1-12-5-2-6(9(10)11)8-7(3-5)13-4-14-8/h2-3H,4H2,1H3,(H,10,11). The summed E-state index contributed by atoms with van der Waals surface area (Å²) in [5, 5.41) is 8.88. The molecule has 1 N–H and O–H groups in total. The highest BCUT2D eigenvalue weighted by Crippen LogP contribution is 2.39. The summed E-state index contributed by atoms with van der Waals surface area (Å²) in [6.07, 6.45) is 0. The van der Waals surface area contributed by atoms with Crippen LogP contribution in [0.2, 0.25) is 0 Å². The maximum Gasteiger partial charge on any atom is 0.339 e. The first-order chi connectivity index (χ1) is 6.72. The van der Waals surface area contributed by atoms with Crippen LogP contribution >= 0.6 is 0 Å². The SMILES string of the molecule is COc1cc2c(c(C(=O)O)c1)OCO2. The second kappa shape index (κ2) is 3.10. The van der Waals surface area contributed by atoms with Crippen LogP contribution in [0.5, 0.6) is 17.2 Å². The van der Waals surface area contributed by atoms with Gasteiger partial charge in [0.2, 0.25) is 6.79 Å². The van der Waals surface area contributed by atoms with Crippen LogP contribution in [-0.4, -0.2) is 25.0 Å². The van der Waals surface area contributed by atoms with Gasteiger partial charge < -0.3 is 19.3 Å². The number of rotatable bonds is 2. The van der Waals surface area contributed by atoms with Gasteiger partial charge in [-0.1, -0.05) is 0 Å². The number of aromatic carboxylic acids is 1. The van der Waals surface area contributed by atoms with E-state index in [4.69, 9.17) is 19.3 Å². The van der Waals surface area contributed by atoms with Crippen molar-refractivity contribution in [3.63, 3.8) is 0 Å². The van der Waals surface area contributed by atoms with E-state index in [1.54, 1.807) is 6.07 Å². The van der Waals surface area contributed by atoms with Gasteiger partial charge in [0.1, 0.15) is 11.3 Å². The Kier molecular flexibility index (Phi) is 1.92. The van der Waals surface area contributed by atoms with Gasteiger partial charge in [-0.25, -0.2) is 4.79 Å². The van der Waals surface area contributed by atoms with Gasteiger partial charge in [-0.15, -0.1) is 0 Å². The molecule has 0 aromatic heterocycles. The molecule has 0 unspecified atom stereocenters. The minimum atomic E-state index is -1.06. The van der Waals surface area contributed by atoms with Crippen molar-refractivity contribution >= 4 is 5.97 Å². The monoisotopic (exact) mass is 196 g/mol. The van der Waals surface area contributed by atoms with Crippen molar-refractivity contribution in [1.82, 2.24) is 0 Å². The average molecular weight is 196 g/mol. The fraction of sp³-hybridized carbons (Fsp3) is 0.222. The first-order valence-corrected chi connectivity index (χ1v) is 3.93. The minimum Gasteiger partial charge on any atom is -0.497 e. The lowest BCUT2D eigenvalue weighted by molar-refractivity contribution is 0.0691. The van der Waals surface area contributed by atoms with Gasteiger partial charge in [0.15, 0.2) is 11.5 Å². The molecule has 0 bridgehead atoms. The maximum absolute atomic E-state index is 10.8. The molecule has 1 aliphatic heterocycles. The number of carbonyl (C=O) groups is 1. The lowest BCUT2D eigenvalue weighted by Gasteiger charge is -2.04. The third kappa shape index (κ3) is 1.22. The van der Waals surface area contributed by atoms with Crippen molar-refractivity contribution in [2.45, 2.75) is 0 Å². The Labute approximate surface area is 79.8 Å². The molecule has 2 rings (SSSR count). The number of hydrogen-bond acceptors (Lipinski definition) is 4. The van der Waals surface area contributed by atoms with E-state index >= 15 is 0 Å². The summed E-state index contributed by atoms with van der Waals surface area (Å²) < 4.78 is 15.0. The van der Waals surface area contributed by atoms with Gasteiger partial charge in [-0.3, -0.25) is 0 Å². The molecule has 0 fully saturated rings. The normalized spacial score (nSPS) is 12.6. The van der Waals surface area contributed by atoms with E-state index in [9.17, 15) is 4.79 Å². The van der Waals surface area contributed by atoms with Gasteiger partial charge in [0.25, 0.3) is 0 Å². The van der Waals surface area contributed by atoms with Gasteiger partial charge >= 0.3 is 5.97 Å². The molecular weight excluding hydrogens is 188 g/mol. The number of ether oxygens (including phenoxy) is 3. The molecule has 5 nitrogen and oxygen atoms in total. The molecule has 0 radical (unpaired) electrons. The number of fused-ring (bicyclic) bond motifs is 1. The van der Waals surface area contributed by atoms with Gasteiger partial charge in [-0.2, -0.15) is 0 Å². The molecule has 1 aromatic rings. The number of methoxy groups -OCH3 is 1. The maximum atomic E-state index is 10.8. The molecular formula is C9H8O5. The summed E-state index contributed by atoms with van der Waals surface area (Å²) in [6.45, 7) is 0.0444. The fourth-order valence-corrected chi connectivity index (χ4v) is 1.26. The largest absolute Gasteiger partial charge is 0.497 e. The van der Waals surface area contributed by atoms with Crippen LogP contribution in [0.3, 0.4) is 0 Å². The van der Waals surface area contributed by atoms with Crippen molar-refractivity contribution in [3.8, 4) is 17.2 Å². The molecule has 0 spiro atoms. The highest BCUT2D eigenvalue weighted by atomic mass is 16.7. The Bertz CT molecular complexity index is 385. The molecule has 0 saturated heterocycles. The Hall–Kier alpha value is -1.91. The molecule has 0 saturated carbocycles. The minimum absolute atomic E-state index is 0.0444.